The number of aromatic hydroxyl groups is 1. The highest BCUT2D eigenvalue weighted by atomic mass is 32.2. The molecule has 1 aliphatic rings. The van der Waals surface area contributed by atoms with Gasteiger partial charge in [0, 0.05) is 27.9 Å². The fourth-order valence-electron chi connectivity index (χ4n) is 3.83. The maximum atomic E-state index is 13.7. The van der Waals surface area contributed by atoms with Crippen LogP contribution < -0.4 is 10.6 Å². The summed E-state index contributed by atoms with van der Waals surface area (Å²) in [6, 6.07) is 6.76. The van der Waals surface area contributed by atoms with Crippen LogP contribution in [0.1, 0.15) is 37.8 Å². The summed E-state index contributed by atoms with van der Waals surface area (Å²) >= 11 is -1.98. The normalized spacial score (nSPS) is 15.9. The molecule has 1 unspecified atom stereocenters. The highest BCUT2D eigenvalue weighted by molar-refractivity contribution is 7.89. The van der Waals surface area contributed by atoms with Gasteiger partial charge in [0.2, 0.25) is 21.7 Å². The molecule has 0 amide bonds. The first-order chi connectivity index (χ1) is 16.2. The first-order valence-electron chi connectivity index (χ1n) is 10.6. The monoisotopic (exact) mass is 511 g/mol. The first-order valence-corrected chi connectivity index (χ1v) is 13.1. The third kappa shape index (κ3) is 4.97. The topological polar surface area (TPSA) is 131 Å². The average molecular weight is 512 g/mol. The van der Waals surface area contributed by atoms with Crippen LogP contribution >= 0.6 is 11.1 Å². The van der Waals surface area contributed by atoms with E-state index in [4.69, 9.17) is 0 Å². The molecule has 182 valence electrons. The Morgan fingerprint density at radius 3 is 2.44 bits per heavy atom. The molecule has 2 heterocycles. The Morgan fingerprint density at radius 2 is 1.79 bits per heavy atom. The van der Waals surface area contributed by atoms with Crippen molar-refractivity contribution in [2.45, 2.75) is 37.1 Å². The zero-order valence-corrected chi connectivity index (χ0v) is 19.8. The second kappa shape index (κ2) is 9.78. The summed E-state index contributed by atoms with van der Waals surface area (Å²) in [6.45, 7) is 2.55. The van der Waals surface area contributed by atoms with Gasteiger partial charge in [0.1, 0.15) is 16.5 Å². The number of anilines is 3. The van der Waals surface area contributed by atoms with Crippen LogP contribution in [0.25, 0.3) is 0 Å². The lowest BCUT2D eigenvalue weighted by molar-refractivity contribution is 0.445. The van der Waals surface area contributed by atoms with E-state index in [9.17, 15) is 26.9 Å². The van der Waals surface area contributed by atoms with E-state index in [1.54, 1.807) is 6.92 Å². The molecule has 3 aromatic rings. The molecule has 34 heavy (non-hydrogen) atoms. The first kappa shape index (κ1) is 24.3. The molecule has 1 fully saturated rings. The zero-order chi connectivity index (χ0) is 24.5. The van der Waals surface area contributed by atoms with Crippen molar-refractivity contribution in [1.82, 2.24) is 13.1 Å². The SMILES string of the molecule is CC[C@@H](Nc1n[s+]([O-])nc1Nc1cccc(S(=O)(=O)N2CCCC2)c1O)c1cc(F)cc(F)c1. The molecule has 2 aromatic carbocycles. The maximum Gasteiger partial charge on any atom is 0.246 e. The molecular formula is C21H23F2N5O4S2. The molecule has 2 atom stereocenters. The van der Waals surface area contributed by atoms with Crippen LogP contribution in [0.3, 0.4) is 0 Å². The summed E-state index contributed by atoms with van der Waals surface area (Å²) in [4.78, 5) is -0.257. The van der Waals surface area contributed by atoms with Crippen LogP contribution in [0, 0.1) is 11.6 Å². The van der Waals surface area contributed by atoms with Crippen molar-refractivity contribution < 1.29 is 26.9 Å². The van der Waals surface area contributed by atoms with Gasteiger partial charge in [0.15, 0.2) is 16.9 Å². The number of benzene rings is 2. The van der Waals surface area contributed by atoms with E-state index < -0.39 is 44.6 Å². The second-order valence-electron chi connectivity index (χ2n) is 7.81. The molecule has 0 saturated carbocycles. The second-order valence-corrected chi connectivity index (χ2v) is 10.5. The third-order valence-corrected chi connectivity index (χ3v) is 8.11. The molecular weight excluding hydrogens is 488 g/mol. The number of phenolic OH excluding ortho intramolecular Hbond substituents is 1. The van der Waals surface area contributed by atoms with E-state index in [0.717, 1.165) is 18.9 Å². The van der Waals surface area contributed by atoms with Crippen molar-refractivity contribution in [3.8, 4) is 5.75 Å². The number of rotatable bonds is 8. The van der Waals surface area contributed by atoms with Gasteiger partial charge in [-0.05, 0) is 49.1 Å². The summed E-state index contributed by atoms with van der Waals surface area (Å²) in [6.07, 6.45) is 1.91. The Morgan fingerprint density at radius 1 is 1.15 bits per heavy atom. The van der Waals surface area contributed by atoms with Gasteiger partial charge in [-0.3, -0.25) is 0 Å². The quantitative estimate of drug-likeness (QED) is 0.302. The molecule has 1 aromatic heterocycles. The minimum atomic E-state index is -3.89. The third-order valence-electron chi connectivity index (χ3n) is 5.50. The number of halogens is 2. The van der Waals surface area contributed by atoms with Crippen LogP contribution in [0.2, 0.25) is 0 Å². The standard InChI is InChI=1S/C21H23F2N5O4S2/c1-2-16(13-10-14(22)12-15(23)11-13)24-20-21(27-33(30)26-20)25-17-6-5-7-18(19(17)29)34(31,32)28-8-3-4-9-28/h5-7,10-12,16,29H,2-4,8-9H2,1H3,(H,24,26)(H,25,27)/t16-,33?/m1/s1. The molecule has 0 radical (unpaired) electrons. The minimum Gasteiger partial charge on any atom is -0.546 e. The van der Waals surface area contributed by atoms with E-state index in [1.165, 1.54) is 34.6 Å². The Labute approximate surface area is 198 Å². The van der Waals surface area contributed by atoms with Gasteiger partial charge in [-0.1, -0.05) is 13.0 Å². The maximum absolute atomic E-state index is 13.7. The van der Waals surface area contributed by atoms with Crippen LogP contribution in [0.5, 0.6) is 5.75 Å². The lowest BCUT2D eigenvalue weighted by Crippen LogP contribution is -2.28. The van der Waals surface area contributed by atoms with Gasteiger partial charge >= 0.3 is 0 Å². The van der Waals surface area contributed by atoms with Crippen LogP contribution in [0.15, 0.2) is 41.3 Å². The number of hydrogen-bond donors (Lipinski definition) is 3. The highest BCUT2D eigenvalue weighted by Crippen LogP contribution is 2.38. The smallest absolute Gasteiger partial charge is 0.246 e. The number of para-hydroxylation sites is 1. The highest BCUT2D eigenvalue weighted by Gasteiger charge is 2.31. The Hall–Kier alpha value is -2.87. The van der Waals surface area contributed by atoms with Crippen molar-refractivity contribution in [3.63, 3.8) is 0 Å². The van der Waals surface area contributed by atoms with E-state index >= 15 is 0 Å². The van der Waals surface area contributed by atoms with E-state index in [2.05, 4.69) is 19.4 Å². The van der Waals surface area contributed by atoms with Gasteiger partial charge < -0.3 is 20.3 Å². The predicted molar refractivity (Wildman–Crippen MR) is 123 cm³/mol. The number of sulfonamides is 1. The lowest BCUT2D eigenvalue weighted by Gasteiger charge is -2.18. The fraction of sp³-hybridized carbons (Fsp3) is 0.333. The predicted octanol–water partition coefficient (Wildman–Crippen LogP) is 4.28. The van der Waals surface area contributed by atoms with Crippen molar-refractivity contribution >= 4 is 38.5 Å². The minimum absolute atomic E-state index is 0.0142. The van der Waals surface area contributed by atoms with Gasteiger partial charge in [-0.15, -0.1) is 0 Å². The van der Waals surface area contributed by atoms with Gasteiger partial charge in [-0.25, -0.2) is 17.2 Å². The molecule has 13 heteroatoms. The Kier molecular flexibility index (Phi) is 6.98. The summed E-state index contributed by atoms with van der Waals surface area (Å²) in [7, 11) is -3.89. The molecule has 0 aliphatic carbocycles. The number of nitrogens with zero attached hydrogens (tertiary/aromatic N) is 3. The van der Waals surface area contributed by atoms with Crippen molar-refractivity contribution in [1.29, 1.82) is 0 Å². The molecule has 0 spiro atoms. The zero-order valence-electron chi connectivity index (χ0n) is 18.2. The Bertz CT molecular complexity index is 1280. The number of nitrogens with one attached hydrogen (secondary N) is 2. The van der Waals surface area contributed by atoms with E-state index in [0.29, 0.717) is 25.1 Å². The van der Waals surface area contributed by atoms with E-state index in [1.807, 2.05) is 0 Å². The van der Waals surface area contributed by atoms with Gasteiger partial charge in [-0.2, -0.15) is 4.31 Å². The van der Waals surface area contributed by atoms with Crippen molar-refractivity contribution in [2.75, 3.05) is 23.7 Å². The summed E-state index contributed by atoms with van der Waals surface area (Å²) in [5.74, 6) is -1.95. The fourth-order valence-corrected chi connectivity index (χ4v) is 6.08. The van der Waals surface area contributed by atoms with E-state index in [-0.39, 0.29) is 22.2 Å². The molecule has 4 rings (SSSR count). The molecule has 1 aliphatic heterocycles. The number of aromatic nitrogens is 2. The number of phenols is 1. The summed E-state index contributed by atoms with van der Waals surface area (Å²) < 4.78 is 74.3. The molecule has 9 nitrogen and oxygen atoms in total. The summed E-state index contributed by atoms with van der Waals surface area (Å²) in [5, 5.41) is 16.5. The van der Waals surface area contributed by atoms with Gasteiger partial charge in [0.25, 0.3) is 0 Å². The molecule has 0 bridgehead atoms. The number of hydrogen-bond acceptors (Lipinski definition) is 8. The molecule has 1 saturated heterocycles. The van der Waals surface area contributed by atoms with Crippen LogP contribution in [-0.2, 0) is 10.0 Å². The Balaban J connectivity index is 1.63. The lowest BCUT2D eigenvalue weighted by atomic mass is 10.0. The van der Waals surface area contributed by atoms with Crippen LogP contribution in [0.4, 0.5) is 26.1 Å². The molecule has 3 N–H and O–H groups in total. The average Bonchev–Trinajstić information content (AvgIpc) is 3.43. The largest absolute Gasteiger partial charge is 0.546 e. The van der Waals surface area contributed by atoms with Gasteiger partial charge in [0.05, 0.1) is 11.7 Å². The van der Waals surface area contributed by atoms with Crippen molar-refractivity contribution in [2.24, 2.45) is 0 Å². The van der Waals surface area contributed by atoms with Crippen LogP contribution in [-0.4, -0.2) is 44.2 Å². The summed E-state index contributed by atoms with van der Waals surface area (Å²) in [5.41, 5.74) is 0.346. The van der Waals surface area contributed by atoms with Crippen molar-refractivity contribution in [3.05, 3.63) is 53.6 Å².